The molecule has 166 valence electrons. The van der Waals surface area contributed by atoms with Gasteiger partial charge in [0.15, 0.2) is 0 Å². The fraction of sp³-hybridized carbons (Fsp3) is 0. The van der Waals surface area contributed by atoms with E-state index in [-0.39, 0.29) is 32.7 Å². The molecule has 5 rings (SSSR count). The Morgan fingerprint density at radius 3 is 1.35 bits per heavy atom. The molecule has 0 aliphatic carbocycles. The molecule has 0 saturated carbocycles. The van der Waals surface area contributed by atoms with Gasteiger partial charge in [0.1, 0.15) is 0 Å². The highest BCUT2D eigenvalue weighted by molar-refractivity contribution is 6.26. The Morgan fingerprint density at radius 1 is 0.441 bits per heavy atom. The first kappa shape index (κ1) is 20.9. The van der Waals surface area contributed by atoms with E-state index in [0.29, 0.717) is 10.8 Å². The first-order valence-electron chi connectivity index (χ1n) is 10.0. The van der Waals surface area contributed by atoms with Gasteiger partial charge in [-0.15, -0.1) is 0 Å². The summed E-state index contributed by atoms with van der Waals surface area (Å²) in [6.07, 6.45) is 0. The van der Waals surface area contributed by atoms with E-state index in [1.165, 1.54) is 6.07 Å². The summed E-state index contributed by atoms with van der Waals surface area (Å²) in [5, 5.41) is 42.0. The Balaban J connectivity index is 2.06. The summed E-state index contributed by atoms with van der Waals surface area (Å²) >= 11 is 0. The predicted molar refractivity (Wildman–Crippen MR) is 124 cm³/mol. The lowest BCUT2D eigenvalue weighted by molar-refractivity contribution is 0.0652. The molecule has 0 unspecified atom stereocenters. The van der Waals surface area contributed by atoms with Crippen molar-refractivity contribution in [2.75, 3.05) is 0 Å². The van der Waals surface area contributed by atoms with Gasteiger partial charge in [0.2, 0.25) is 0 Å². The molecule has 0 amide bonds. The van der Waals surface area contributed by atoms with Crippen LogP contribution in [-0.2, 0) is 0 Å². The van der Waals surface area contributed by atoms with Gasteiger partial charge >= 0.3 is 23.9 Å². The zero-order valence-electron chi connectivity index (χ0n) is 17.2. The molecule has 0 aromatic heterocycles. The number of aromatic carboxylic acids is 4. The zero-order valence-corrected chi connectivity index (χ0v) is 17.2. The topological polar surface area (TPSA) is 149 Å². The molecular weight excluding hydrogens is 440 g/mol. The van der Waals surface area contributed by atoms with E-state index in [0.717, 1.165) is 22.9 Å². The Bertz CT molecular complexity index is 1760. The van der Waals surface area contributed by atoms with E-state index in [1.807, 2.05) is 24.3 Å². The molecule has 5 aromatic rings. The van der Waals surface area contributed by atoms with Gasteiger partial charge in [-0.1, -0.05) is 24.3 Å². The van der Waals surface area contributed by atoms with Crippen molar-refractivity contribution in [2.24, 2.45) is 0 Å². The molecule has 34 heavy (non-hydrogen) atoms. The number of carbonyl (C=O) groups is 4. The summed E-state index contributed by atoms with van der Waals surface area (Å²) < 4.78 is 0. The monoisotopic (exact) mass is 454 g/mol. The summed E-state index contributed by atoms with van der Waals surface area (Å²) in [4.78, 5) is 48.1. The normalized spacial score (nSPS) is 11.3. The maximum absolute atomic E-state index is 12.4. The quantitative estimate of drug-likeness (QED) is 0.274. The van der Waals surface area contributed by atoms with E-state index in [4.69, 9.17) is 0 Å². The van der Waals surface area contributed by atoms with Gasteiger partial charge in [-0.05, 0) is 79.5 Å². The minimum absolute atomic E-state index is 0.00104. The maximum Gasteiger partial charge on any atom is 0.336 e. The average Bonchev–Trinajstić information content (AvgIpc) is 2.78. The van der Waals surface area contributed by atoms with Crippen LogP contribution in [0.25, 0.3) is 43.1 Å². The van der Waals surface area contributed by atoms with Crippen LogP contribution >= 0.6 is 0 Å². The average molecular weight is 454 g/mol. The third-order valence-electron chi connectivity index (χ3n) is 5.96. The molecule has 0 aliphatic rings. The molecule has 0 fully saturated rings. The number of carboxylic acid groups (broad SMARTS) is 4. The van der Waals surface area contributed by atoms with Crippen LogP contribution in [0.15, 0.2) is 60.7 Å². The Hall–Kier alpha value is -4.98. The van der Waals surface area contributed by atoms with Crippen molar-refractivity contribution in [3.8, 4) is 0 Å². The van der Waals surface area contributed by atoms with E-state index in [1.54, 1.807) is 18.2 Å². The van der Waals surface area contributed by atoms with Crippen LogP contribution in [0.1, 0.15) is 41.4 Å². The summed E-state index contributed by atoms with van der Waals surface area (Å²) in [5.74, 6) is -5.69. The highest BCUT2D eigenvalue weighted by Gasteiger charge is 2.24. The molecule has 0 aliphatic heterocycles. The number of benzene rings is 5. The lowest BCUT2D eigenvalue weighted by atomic mass is 9.88. The van der Waals surface area contributed by atoms with Gasteiger partial charge in [-0.25, -0.2) is 19.2 Å². The Labute approximate surface area is 189 Å². The molecule has 0 atom stereocenters. The Morgan fingerprint density at radius 2 is 0.853 bits per heavy atom. The highest BCUT2D eigenvalue weighted by Crippen LogP contribution is 2.37. The van der Waals surface area contributed by atoms with Gasteiger partial charge in [0.25, 0.3) is 0 Å². The van der Waals surface area contributed by atoms with Crippen LogP contribution < -0.4 is 0 Å². The van der Waals surface area contributed by atoms with E-state index < -0.39 is 35.0 Å². The van der Waals surface area contributed by atoms with Crippen LogP contribution in [0.4, 0.5) is 0 Å². The molecule has 0 radical (unpaired) electrons. The molecule has 8 heteroatoms. The van der Waals surface area contributed by atoms with Gasteiger partial charge in [0.05, 0.1) is 22.3 Å². The standard InChI is InChI=1S/C26H14O8/c27-23(28)19-9-14-8-18-17(22(26(33)34)16(14)10-20(19)24(29)30)7-13-5-11-3-1-2-4-12(11)6-15(13)21(18)25(31)32/h1-10H,(H,27,28)(H,29,30)(H,31,32)(H,33,34). The van der Waals surface area contributed by atoms with Crippen LogP contribution in [0, 0.1) is 0 Å². The van der Waals surface area contributed by atoms with Crippen LogP contribution in [-0.4, -0.2) is 44.3 Å². The molecule has 4 N–H and O–H groups in total. The van der Waals surface area contributed by atoms with Gasteiger partial charge in [0, 0.05) is 0 Å². The molecule has 5 aromatic carbocycles. The van der Waals surface area contributed by atoms with Gasteiger partial charge in [-0.3, -0.25) is 0 Å². The number of rotatable bonds is 4. The first-order valence-corrected chi connectivity index (χ1v) is 10.0. The molecule has 0 heterocycles. The Kier molecular flexibility index (Phi) is 4.47. The predicted octanol–water partition coefficient (Wildman–Crippen LogP) is 5.09. The molecule has 0 saturated heterocycles. The third-order valence-corrected chi connectivity index (χ3v) is 5.96. The number of fused-ring (bicyclic) bond motifs is 4. The lowest BCUT2D eigenvalue weighted by Gasteiger charge is -2.15. The fourth-order valence-corrected chi connectivity index (χ4v) is 4.53. The number of hydrogen-bond donors (Lipinski definition) is 4. The first-order chi connectivity index (χ1) is 16.2. The van der Waals surface area contributed by atoms with Crippen LogP contribution in [0.3, 0.4) is 0 Å². The SMILES string of the molecule is O=C(O)c1cc2cc3c(C(=O)O)c4cc5ccccc5cc4cc3c(C(=O)O)c2cc1C(=O)O. The fourth-order valence-electron chi connectivity index (χ4n) is 4.53. The van der Waals surface area contributed by atoms with E-state index in [2.05, 4.69) is 0 Å². The van der Waals surface area contributed by atoms with E-state index in [9.17, 15) is 39.6 Å². The summed E-state index contributed by atoms with van der Waals surface area (Å²) in [5.41, 5.74) is -1.52. The van der Waals surface area contributed by atoms with Crippen molar-refractivity contribution >= 4 is 67.0 Å². The van der Waals surface area contributed by atoms with Gasteiger partial charge in [-0.2, -0.15) is 0 Å². The summed E-state index contributed by atoms with van der Waals surface area (Å²) in [7, 11) is 0. The summed E-state index contributed by atoms with van der Waals surface area (Å²) in [6.45, 7) is 0. The minimum Gasteiger partial charge on any atom is -0.478 e. The summed E-state index contributed by atoms with van der Waals surface area (Å²) in [6, 6.07) is 15.8. The van der Waals surface area contributed by atoms with Crippen LogP contribution in [0.5, 0.6) is 0 Å². The zero-order chi connectivity index (χ0) is 24.3. The van der Waals surface area contributed by atoms with E-state index >= 15 is 0 Å². The maximum atomic E-state index is 12.4. The van der Waals surface area contributed by atoms with Crippen molar-refractivity contribution in [1.82, 2.24) is 0 Å². The third kappa shape index (κ3) is 3.01. The molecule has 0 bridgehead atoms. The molecular formula is C26H14O8. The van der Waals surface area contributed by atoms with Crippen molar-refractivity contribution in [3.05, 3.63) is 82.9 Å². The minimum atomic E-state index is -1.52. The highest BCUT2D eigenvalue weighted by atomic mass is 16.4. The number of hydrogen-bond acceptors (Lipinski definition) is 4. The molecule has 8 nitrogen and oxygen atoms in total. The van der Waals surface area contributed by atoms with Crippen molar-refractivity contribution < 1.29 is 39.6 Å². The number of carboxylic acids is 4. The second-order valence-electron chi connectivity index (χ2n) is 7.86. The second kappa shape index (κ2) is 7.28. The van der Waals surface area contributed by atoms with Gasteiger partial charge < -0.3 is 20.4 Å². The van der Waals surface area contributed by atoms with Crippen molar-refractivity contribution in [1.29, 1.82) is 0 Å². The van der Waals surface area contributed by atoms with Crippen molar-refractivity contribution in [3.63, 3.8) is 0 Å². The largest absolute Gasteiger partial charge is 0.478 e. The lowest BCUT2D eigenvalue weighted by Crippen LogP contribution is -2.10. The second-order valence-corrected chi connectivity index (χ2v) is 7.86. The molecule has 0 spiro atoms. The smallest absolute Gasteiger partial charge is 0.336 e. The van der Waals surface area contributed by atoms with Crippen molar-refractivity contribution in [2.45, 2.75) is 0 Å². The van der Waals surface area contributed by atoms with Crippen LogP contribution in [0.2, 0.25) is 0 Å².